The fourth-order valence-corrected chi connectivity index (χ4v) is 4.69. The molecule has 2 aromatic rings. The summed E-state index contributed by atoms with van der Waals surface area (Å²) >= 11 is 0. The summed E-state index contributed by atoms with van der Waals surface area (Å²) < 4.78 is 25.7. The molecular formula is C15H15NO4S. The molecule has 0 spiro atoms. The lowest BCUT2D eigenvalue weighted by molar-refractivity contribution is 0.0698. The number of carbonyl (C=O) groups is 1. The first-order valence-corrected chi connectivity index (χ1v) is 8.26. The van der Waals surface area contributed by atoms with Crippen LogP contribution in [0.5, 0.6) is 0 Å². The molecule has 0 bridgehead atoms. The normalized spacial score (nSPS) is 20.8. The summed E-state index contributed by atoms with van der Waals surface area (Å²) in [4.78, 5) is 11.5. The Hall–Kier alpha value is -2.08. The number of carboxylic acid groups (broad SMARTS) is 1. The molecule has 1 fully saturated rings. The first kappa shape index (κ1) is 13.9. The van der Waals surface area contributed by atoms with Gasteiger partial charge in [0.15, 0.2) is 0 Å². The van der Waals surface area contributed by atoms with Gasteiger partial charge in [-0.2, -0.15) is 0 Å². The van der Waals surface area contributed by atoms with Gasteiger partial charge in [-0.05, 0) is 28.8 Å². The van der Waals surface area contributed by atoms with Gasteiger partial charge in [0.05, 0.1) is 17.0 Å². The molecule has 1 heterocycles. The molecule has 1 atom stereocenters. The standard InChI is InChI=1S/C15H15NO4S/c1-10-8-16(21(19,20)9-10)14-7-12-5-3-2-4-11(12)6-13(14)15(17)18/h2-7,10H,8-9H2,1H3,(H,17,18). The maximum Gasteiger partial charge on any atom is 0.337 e. The maximum absolute atomic E-state index is 12.2. The molecule has 6 heteroatoms. The lowest BCUT2D eigenvalue weighted by Crippen LogP contribution is -2.27. The van der Waals surface area contributed by atoms with Crippen LogP contribution in [0.25, 0.3) is 10.8 Å². The third-order valence-electron chi connectivity index (χ3n) is 3.67. The van der Waals surface area contributed by atoms with E-state index in [1.807, 2.05) is 31.2 Å². The largest absolute Gasteiger partial charge is 0.478 e. The third-order valence-corrected chi connectivity index (χ3v) is 5.68. The molecule has 3 rings (SSSR count). The number of hydrogen-bond acceptors (Lipinski definition) is 3. The summed E-state index contributed by atoms with van der Waals surface area (Å²) in [5.41, 5.74) is 0.275. The topological polar surface area (TPSA) is 74.7 Å². The van der Waals surface area contributed by atoms with E-state index in [9.17, 15) is 18.3 Å². The molecule has 0 radical (unpaired) electrons. The highest BCUT2D eigenvalue weighted by molar-refractivity contribution is 7.93. The summed E-state index contributed by atoms with van der Waals surface area (Å²) in [6, 6.07) is 10.5. The number of hydrogen-bond donors (Lipinski definition) is 1. The van der Waals surface area contributed by atoms with Gasteiger partial charge in [-0.15, -0.1) is 0 Å². The van der Waals surface area contributed by atoms with Crippen molar-refractivity contribution in [2.24, 2.45) is 5.92 Å². The van der Waals surface area contributed by atoms with E-state index in [2.05, 4.69) is 0 Å². The van der Waals surface area contributed by atoms with Crippen LogP contribution in [0.4, 0.5) is 5.69 Å². The molecule has 1 aliphatic heterocycles. The van der Waals surface area contributed by atoms with Crippen LogP contribution in [0.3, 0.4) is 0 Å². The number of benzene rings is 2. The average Bonchev–Trinajstić information content (AvgIpc) is 2.70. The van der Waals surface area contributed by atoms with Crippen molar-refractivity contribution in [3.63, 3.8) is 0 Å². The van der Waals surface area contributed by atoms with Gasteiger partial charge >= 0.3 is 5.97 Å². The number of carboxylic acids is 1. The van der Waals surface area contributed by atoms with E-state index in [0.717, 1.165) is 10.8 Å². The van der Waals surface area contributed by atoms with Crippen molar-refractivity contribution in [3.8, 4) is 0 Å². The van der Waals surface area contributed by atoms with Crippen molar-refractivity contribution in [3.05, 3.63) is 42.0 Å². The predicted octanol–water partition coefficient (Wildman–Crippen LogP) is 2.32. The number of rotatable bonds is 2. The van der Waals surface area contributed by atoms with E-state index in [1.54, 1.807) is 6.07 Å². The van der Waals surface area contributed by atoms with Crippen LogP contribution in [0.2, 0.25) is 0 Å². The van der Waals surface area contributed by atoms with Crippen LogP contribution in [0, 0.1) is 5.92 Å². The zero-order chi connectivity index (χ0) is 15.2. The summed E-state index contributed by atoms with van der Waals surface area (Å²) in [6.07, 6.45) is 0. The Morgan fingerprint density at radius 1 is 1.24 bits per heavy atom. The second kappa shape index (κ2) is 4.73. The minimum Gasteiger partial charge on any atom is -0.478 e. The van der Waals surface area contributed by atoms with Gasteiger partial charge in [-0.25, -0.2) is 13.2 Å². The quantitative estimate of drug-likeness (QED) is 0.924. The fraction of sp³-hybridized carbons (Fsp3) is 0.267. The van der Waals surface area contributed by atoms with Crippen LogP contribution in [0.1, 0.15) is 17.3 Å². The van der Waals surface area contributed by atoms with Gasteiger partial charge in [-0.3, -0.25) is 4.31 Å². The Kier molecular flexibility index (Phi) is 3.13. The molecule has 21 heavy (non-hydrogen) atoms. The van der Waals surface area contributed by atoms with Crippen molar-refractivity contribution < 1.29 is 18.3 Å². The first-order chi connectivity index (χ1) is 9.88. The average molecular weight is 305 g/mol. The number of fused-ring (bicyclic) bond motifs is 1. The monoisotopic (exact) mass is 305 g/mol. The van der Waals surface area contributed by atoms with E-state index >= 15 is 0 Å². The molecule has 1 N–H and O–H groups in total. The van der Waals surface area contributed by atoms with Gasteiger partial charge in [0.25, 0.3) is 0 Å². The highest BCUT2D eigenvalue weighted by Gasteiger charge is 2.35. The van der Waals surface area contributed by atoms with Crippen molar-refractivity contribution in [1.29, 1.82) is 0 Å². The Morgan fingerprint density at radius 3 is 2.38 bits per heavy atom. The molecule has 2 aromatic carbocycles. The maximum atomic E-state index is 12.2. The SMILES string of the molecule is CC1CN(c2cc3ccccc3cc2C(=O)O)S(=O)(=O)C1. The fourth-order valence-electron chi connectivity index (χ4n) is 2.75. The molecule has 1 unspecified atom stereocenters. The minimum atomic E-state index is -3.44. The van der Waals surface area contributed by atoms with Crippen LogP contribution in [-0.2, 0) is 10.0 Å². The van der Waals surface area contributed by atoms with E-state index in [1.165, 1.54) is 10.4 Å². The van der Waals surface area contributed by atoms with Crippen LogP contribution in [-0.4, -0.2) is 31.8 Å². The molecule has 0 aromatic heterocycles. The van der Waals surface area contributed by atoms with Gasteiger partial charge in [-0.1, -0.05) is 31.2 Å². The van der Waals surface area contributed by atoms with Gasteiger partial charge in [0.1, 0.15) is 0 Å². The Labute approximate surface area is 122 Å². The molecule has 1 aliphatic rings. The summed E-state index contributed by atoms with van der Waals surface area (Å²) in [5.74, 6) is -1.08. The molecule has 0 aliphatic carbocycles. The highest BCUT2D eigenvalue weighted by atomic mass is 32.2. The first-order valence-electron chi connectivity index (χ1n) is 6.65. The highest BCUT2D eigenvalue weighted by Crippen LogP contribution is 2.33. The zero-order valence-electron chi connectivity index (χ0n) is 11.5. The molecular weight excluding hydrogens is 290 g/mol. The Balaban J connectivity index is 2.26. The molecule has 0 amide bonds. The second-order valence-electron chi connectivity index (χ2n) is 5.44. The lowest BCUT2D eigenvalue weighted by atomic mass is 10.0. The van der Waals surface area contributed by atoms with E-state index < -0.39 is 16.0 Å². The zero-order valence-corrected chi connectivity index (χ0v) is 12.3. The molecule has 110 valence electrons. The van der Waals surface area contributed by atoms with Crippen LogP contribution < -0.4 is 4.31 Å². The lowest BCUT2D eigenvalue weighted by Gasteiger charge is -2.20. The van der Waals surface area contributed by atoms with E-state index in [-0.39, 0.29) is 22.9 Å². The molecule has 1 saturated heterocycles. The summed E-state index contributed by atoms with van der Waals surface area (Å²) in [7, 11) is -3.44. The smallest absolute Gasteiger partial charge is 0.337 e. The van der Waals surface area contributed by atoms with Crippen molar-refractivity contribution >= 4 is 32.5 Å². The van der Waals surface area contributed by atoms with Gasteiger partial charge in [0.2, 0.25) is 10.0 Å². The summed E-state index contributed by atoms with van der Waals surface area (Å²) in [6.45, 7) is 2.17. The van der Waals surface area contributed by atoms with E-state index in [4.69, 9.17) is 0 Å². The molecule has 5 nitrogen and oxygen atoms in total. The number of sulfonamides is 1. The minimum absolute atomic E-state index is 0.0110. The summed E-state index contributed by atoms with van der Waals surface area (Å²) in [5, 5.41) is 11.0. The van der Waals surface area contributed by atoms with Gasteiger partial charge < -0.3 is 5.11 Å². The Morgan fingerprint density at radius 2 is 1.86 bits per heavy atom. The van der Waals surface area contributed by atoms with E-state index in [0.29, 0.717) is 6.54 Å². The van der Waals surface area contributed by atoms with Crippen LogP contribution in [0.15, 0.2) is 36.4 Å². The third kappa shape index (κ3) is 2.35. The van der Waals surface area contributed by atoms with Crippen molar-refractivity contribution in [2.45, 2.75) is 6.92 Å². The number of anilines is 1. The van der Waals surface area contributed by atoms with Gasteiger partial charge in [0, 0.05) is 6.54 Å². The second-order valence-corrected chi connectivity index (χ2v) is 7.37. The number of aromatic carboxylic acids is 1. The van der Waals surface area contributed by atoms with Crippen molar-refractivity contribution in [2.75, 3.05) is 16.6 Å². The Bertz CT molecular complexity index is 829. The number of nitrogens with zero attached hydrogens (tertiary/aromatic N) is 1. The molecule has 0 saturated carbocycles. The predicted molar refractivity (Wildman–Crippen MR) is 81.2 cm³/mol. The van der Waals surface area contributed by atoms with Crippen LogP contribution >= 0.6 is 0 Å². The van der Waals surface area contributed by atoms with Crippen molar-refractivity contribution in [1.82, 2.24) is 0 Å².